The van der Waals surface area contributed by atoms with Gasteiger partial charge >= 0.3 is 0 Å². The second kappa shape index (κ2) is 7.60. The zero-order valence-electron chi connectivity index (χ0n) is 13.5. The number of fused-ring (bicyclic) bond motifs is 1. The monoisotopic (exact) mass is 358 g/mol. The van der Waals surface area contributed by atoms with Crippen molar-refractivity contribution in [1.29, 1.82) is 0 Å². The van der Waals surface area contributed by atoms with E-state index in [-0.39, 0.29) is 37.8 Å². The van der Waals surface area contributed by atoms with Gasteiger partial charge < -0.3 is 15.1 Å². The summed E-state index contributed by atoms with van der Waals surface area (Å²) in [4.78, 5) is 26.3. The SMILES string of the molecule is O=C(c1ccc(-n2sc3ccccc3c2=O)cc1)N(CCO)CCO. The van der Waals surface area contributed by atoms with Crippen molar-refractivity contribution in [2.24, 2.45) is 0 Å². The highest BCUT2D eigenvalue weighted by atomic mass is 32.1. The third kappa shape index (κ3) is 3.48. The number of aromatic nitrogens is 1. The number of carbonyl (C=O) groups excluding carboxylic acids is 1. The lowest BCUT2D eigenvalue weighted by molar-refractivity contribution is 0.0685. The fraction of sp³-hybridized carbons (Fsp3) is 0.222. The third-order valence-electron chi connectivity index (χ3n) is 3.87. The molecule has 0 fully saturated rings. The summed E-state index contributed by atoms with van der Waals surface area (Å²) in [6, 6.07) is 14.2. The maximum Gasteiger partial charge on any atom is 0.273 e. The Labute approximate surface area is 148 Å². The van der Waals surface area contributed by atoms with E-state index in [2.05, 4.69) is 0 Å². The Hall–Kier alpha value is -2.48. The minimum Gasteiger partial charge on any atom is -0.395 e. The van der Waals surface area contributed by atoms with E-state index < -0.39 is 0 Å². The van der Waals surface area contributed by atoms with E-state index in [4.69, 9.17) is 10.2 Å². The van der Waals surface area contributed by atoms with Crippen LogP contribution >= 0.6 is 11.5 Å². The molecule has 0 atom stereocenters. The molecule has 6 nitrogen and oxygen atoms in total. The molecule has 0 saturated heterocycles. The van der Waals surface area contributed by atoms with Crippen LogP contribution in [0.4, 0.5) is 0 Å². The number of hydrogen-bond acceptors (Lipinski definition) is 5. The van der Waals surface area contributed by atoms with E-state index in [0.29, 0.717) is 16.6 Å². The fourth-order valence-corrected chi connectivity index (χ4v) is 3.62. The number of aliphatic hydroxyl groups excluding tert-OH is 2. The highest BCUT2D eigenvalue weighted by Gasteiger charge is 2.15. The van der Waals surface area contributed by atoms with E-state index >= 15 is 0 Å². The Morgan fingerprint density at radius 1 is 1.00 bits per heavy atom. The van der Waals surface area contributed by atoms with Crippen molar-refractivity contribution in [1.82, 2.24) is 8.86 Å². The molecule has 130 valence electrons. The van der Waals surface area contributed by atoms with E-state index in [1.54, 1.807) is 34.3 Å². The molecule has 2 aromatic carbocycles. The maximum atomic E-state index is 12.5. The number of carbonyl (C=O) groups is 1. The second-order valence-electron chi connectivity index (χ2n) is 5.47. The maximum absolute atomic E-state index is 12.5. The molecule has 0 unspecified atom stereocenters. The standard InChI is InChI=1S/C18H18N2O4S/c21-11-9-19(10-12-22)17(23)13-5-7-14(8-6-13)20-18(24)15-3-1-2-4-16(15)25-20/h1-8,21-22H,9-12H2. The minimum absolute atomic E-state index is 0.0816. The summed E-state index contributed by atoms with van der Waals surface area (Å²) in [7, 11) is 0. The van der Waals surface area contributed by atoms with Gasteiger partial charge in [0, 0.05) is 18.7 Å². The highest BCUT2D eigenvalue weighted by Crippen LogP contribution is 2.20. The van der Waals surface area contributed by atoms with Gasteiger partial charge in [0.2, 0.25) is 0 Å². The summed E-state index contributed by atoms with van der Waals surface area (Å²) in [6.07, 6.45) is 0. The lowest BCUT2D eigenvalue weighted by Gasteiger charge is -2.20. The predicted molar refractivity (Wildman–Crippen MR) is 97.5 cm³/mol. The van der Waals surface area contributed by atoms with Gasteiger partial charge in [-0.2, -0.15) is 0 Å². The Balaban J connectivity index is 1.90. The number of amides is 1. The molecule has 1 aromatic heterocycles. The van der Waals surface area contributed by atoms with Gasteiger partial charge in [-0.25, -0.2) is 3.96 Å². The van der Waals surface area contributed by atoms with Crippen LogP contribution in [0.5, 0.6) is 0 Å². The molecule has 25 heavy (non-hydrogen) atoms. The van der Waals surface area contributed by atoms with Crippen LogP contribution in [0.3, 0.4) is 0 Å². The zero-order chi connectivity index (χ0) is 17.8. The zero-order valence-corrected chi connectivity index (χ0v) is 14.3. The van der Waals surface area contributed by atoms with Crippen molar-refractivity contribution in [3.63, 3.8) is 0 Å². The van der Waals surface area contributed by atoms with Crippen LogP contribution in [0.15, 0.2) is 53.3 Å². The minimum atomic E-state index is -0.265. The molecule has 0 aliphatic carbocycles. The van der Waals surface area contributed by atoms with Crippen LogP contribution in [0.2, 0.25) is 0 Å². The van der Waals surface area contributed by atoms with Gasteiger partial charge in [-0.3, -0.25) is 9.59 Å². The topological polar surface area (TPSA) is 82.8 Å². The average Bonchev–Trinajstić information content (AvgIpc) is 2.98. The highest BCUT2D eigenvalue weighted by molar-refractivity contribution is 7.14. The average molecular weight is 358 g/mol. The lowest BCUT2D eigenvalue weighted by atomic mass is 10.2. The van der Waals surface area contributed by atoms with Crippen LogP contribution in [0.1, 0.15) is 10.4 Å². The first-order valence-corrected chi connectivity index (χ1v) is 8.65. The normalized spacial score (nSPS) is 11.0. The third-order valence-corrected chi connectivity index (χ3v) is 4.98. The molecular weight excluding hydrogens is 340 g/mol. The number of nitrogens with zero attached hydrogens (tertiary/aromatic N) is 2. The van der Waals surface area contributed by atoms with Gasteiger partial charge in [0.25, 0.3) is 11.5 Å². The van der Waals surface area contributed by atoms with Gasteiger partial charge in [0.1, 0.15) is 0 Å². The lowest BCUT2D eigenvalue weighted by Crippen LogP contribution is -2.35. The number of benzene rings is 2. The van der Waals surface area contributed by atoms with Crippen LogP contribution in [-0.4, -0.2) is 51.3 Å². The molecule has 0 bridgehead atoms. The summed E-state index contributed by atoms with van der Waals surface area (Å²) >= 11 is 1.36. The quantitative estimate of drug-likeness (QED) is 0.699. The molecular formula is C18H18N2O4S. The Morgan fingerprint density at radius 2 is 1.64 bits per heavy atom. The molecule has 0 aliphatic heterocycles. The van der Waals surface area contributed by atoms with Crippen LogP contribution in [0.25, 0.3) is 15.8 Å². The van der Waals surface area contributed by atoms with Crippen molar-refractivity contribution in [2.45, 2.75) is 0 Å². The van der Waals surface area contributed by atoms with Crippen LogP contribution in [-0.2, 0) is 0 Å². The fourth-order valence-electron chi connectivity index (χ4n) is 2.62. The van der Waals surface area contributed by atoms with Gasteiger partial charge in [0.15, 0.2) is 0 Å². The first kappa shape index (κ1) is 17.3. The van der Waals surface area contributed by atoms with Crippen LogP contribution < -0.4 is 5.56 Å². The van der Waals surface area contributed by atoms with Crippen molar-refractivity contribution in [3.8, 4) is 5.69 Å². The summed E-state index contributed by atoms with van der Waals surface area (Å²) < 4.78 is 2.50. The van der Waals surface area contributed by atoms with E-state index in [9.17, 15) is 9.59 Å². The largest absolute Gasteiger partial charge is 0.395 e. The Morgan fingerprint density at radius 3 is 2.24 bits per heavy atom. The Kier molecular flexibility index (Phi) is 5.28. The first-order chi connectivity index (χ1) is 12.2. The molecule has 0 spiro atoms. The van der Waals surface area contributed by atoms with Crippen molar-refractivity contribution >= 4 is 27.5 Å². The van der Waals surface area contributed by atoms with Crippen molar-refractivity contribution < 1.29 is 15.0 Å². The summed E-state index contributed by atoms with van der Waals surface area (Å²) in [6.45, 7) is -0.00413. The Bertz CT molecular complexity index is 924. The molecule has 3 rings (SSSR count). The van der Waals surface area contributed by atoms with Crippen molar-refractivity contribution in [3.05, 3.63) is 64.4 Å². The molecule has 2 N–H and O–H groups in total. The molecule has 7 heteroatoms. The molecule has 3 aromatic rings. The summed E-state index contributed by atoms with van der Waals surface area (Å²) in [5.74, 6) is -0.265. The van der Waals surface area contributed by atoms with Gasteiger partial charge in [-0.05, 0) is 36.4 Å². The van der Waals surface area contributed by atoms with E-state index in [1.165, 1.54) is 16.4 Å². The van der Waals surface area contributed by atoms with Gasteiger partial charge in [-0.15, -0.1) is 0 Å². The molecule has 1 heterocycles. The van der Waals surface area contributed by atoms with E-state index in [1.807, 2.05) is 18.2 Å². The smallest absolute Gasteiger partial charge is 0.273 e. The summed E-state index contributed by atoms with van der Waals surface area (Å²) in [5, 5.41) is 18.7. The van der Waals surface area contributed by atoms with E-state index in [0.717, 1.165) is 4.70 Å². The van der Waals surface area contributed by atoms with Crippen molar-refractivity contribution in [2.75, 3.05) is 26.3 Å². The first-order valence-electron chi connectivity index (χ1n) is 7.88. The van der Waals surface area contributed by atoms with Crippen LogP contribution in [0, 0.1) is 0 Å². The predicted octanol–water partition coefficient (Wildman–Crippen LogP) is 1.48. The molecule has 1 amide bonds. The van der Waals surface area contributed by atoms with Gasteiger partial charge in [-0.1, -0.05) is 23.7 Å². The van der Waals surface area contributed by atoms with Gasteiger partial charge in [0.05, 0.1) is 29.0 Å². The molecule has 0 radical (unpaired) electrons. The second-order valence-corrected chi connectivity index (χ2v) is 6.46. The summed E-state index contributed by atoms with van der Waals surface area (Å²) in [5.41, 5.74) is 1.06. The number of hydrogen-bond donors (Lipinski definition) is 2. The molecule has 0 aliphatic rings. The number of rotatable bonds is 6. The number of aliphatic hydroxyl groups is 2. The molecule has 0 saturated carbocycles.